The van der Waals surface area contributed by atoms with Crippen molar-refractivity contribution in [1.29, 1.82) is 0 Å². The van der Waals surface area contributed by atoms with Gasteiger partial charge in [0, 0.05) is 28.9 Å². The smallest absolute Gasteiger partial charge is 0.232 e. The number of hydrogen-bond acceptors (Lipinski definition) is 3. The highest BCUT2D eigenvalue weighted by molar-refractivity contribution is 7.14. The Labute approximate surface area is 169 Å². The number of thiazole rings is 1. The Kier molecular flexibility index (Phi) is 6.30. The van der Waals surface area contributed by atoms with Crippen LogP contribution >= 0.6 is 22.9 Å². The number of halogens is 1. The molecule has 3 rings (SSSR count). The lowest BCUT2D eigenvalue weighted by Crippen LogP contribution is -2.35. The van der Waals surface area contributed by atoms with Gasteiger partial charge in [0.25, 0.3) is 0 Å². The Balaban J connectivity index is 1.81. The Morgan fingerprint density at radius 1 is 1.19 bits per heavy atom. The number of carbonyl (C=O) groups is 1. The second-order valence-electron chi connectivity index (χ2n) is 6.30. The van der Waals surface area contributed by atoms with E-state index in [-0.39, 0.29) is 17.7 Å². The maximum absolute atomic E-state index is 13.1. The first-order valence-corrected chi connectivity index (χ1v) is 9.94. The van der Waals surface area contributed by atoms with Gasteiger partial charge in [-0.05, 0) is 30.9 Å². The Morgan fingerprint density at radius 2 is 1.85 bits per heavy atom. The van der Waals surface area contributed by atoms with Gasteiger partial charge in [0.05, 0.1) is 5.69 Å². The summed E-state index contributed by atoms with van der Waals surface area (Å²) in [7, 11) is 1.75. The van der Waals surface area contributed by atoms with E-state index in [9.17, 15) is 4.79 Å². The van der Waals surface area contributed by atoms with Crippen LogP contribution in [0.2, 0.25) is 5.02 Å². The van der Waals surface area contributed by atoms with Crippen LogP contribution in [-0.4, -0.2) is 17.9 Å². The quantitative estimate of drug-likeness (QED) is 0.520. The van der Waals surface area contributed by atoms with Gasteiger partial charge in [-0.15, -0.1) is 11.3 Å². The van der Waals surface area contributed by atoms with Crippen molar-refractivity contribution in [3.8, 4) is 11.3 Å². The van der Waals surface area contributed by atoms with Crippen LogP contribution in [0.1, 0.15) is 17.9 Å². The van der Waals surface area contributed by atoms with Crippen molar-refractivity contribution < 1.29 is 4.79 Å². The summed E-state index contributed by atoms with van der Waals surface area (Å²) in [4.78, 5) is 19.3. The van der Waals surface area contributed by atoms with E-state index in [1.54, 1.807) is 11.9 Å². The summed E-state index contributed by atoms with van der Waals surface area (Å²) >= 11 is 7.68. The zero-order valence-corrected chi connectivity index (χ0v) is 16.7. The molecule has 0 saturated heterocycles. The fraction of sp³-hybridized carbons (Fsp3) is 0.182. The van der Waals surface area contributed by atoms with Gasteiger partial charge in [0.15, 0.2) is 5.13 Å². The summed E-state index contributed by atoms with van der Waals surface area (Å²) in [5.41, 5.74) is 2.65. The average molecular weight is 397 g/mol. The molecule has 3 aromatic rings. The summed E-state index contributed by atoms with van der Waals surface area (Å²) < 4.78 is 0. The van der Waals surface area contributed by atoms with Gasteiger partial charge in [0.2, 0.25) is 5.91 Å². The fourth-order valence-electron chi connectivity index (χ4n) is 2.98. The lowest BCUT2D eigenvalue weighted by Gasteiger charge is -2.26. The third kappa shape index (κ3) is 4.23. The van der Waals surface area contributed by atoms with Crippen LogP contribution in [0.3, 0.4) is 0 Å². The van der Waals surface area contributed by atoms with Crippen molar-refractivity contribution >= 4 is 34.0 Å². The van der Waals surface area contributed by atoms with Crippen LogP contribution in [0, 0.1) is 19.8 Å². The number of aromatic nitrogens is 1. The monoisotopic (exact) mass is 396 g/mol. The van der Waals surface area contributed by atoms with Crippen LogP contribution < -0.4 is 4.90 Å². The van der Waals surface area contributed by atoms with Crippen molar-refractivity contribution in [2.75, 3.05) is 11.9 Å². The molecule has 0 fully saturated rings. The first-order valence-electron chi connectivity index (χ1n) is 8.68. The van der Waals surface area contributed by atoms with E-state index in [4.69, 9.17) is 11.6 Å². The fourth-order valence-corrected chi connectivity index (χ4v) is 4.01. The van der Waals surface area contributed by atoms with Crippen molar-refractivity contribution in [3.05, 3.63) is 84.4 Å². The van der Waals surface area contributed by atoms with Crippen LogP contribution in [0.4, 0.5) is 5.13 Å². The third-order valence-corrected chi connectivity index (χ3v) is 5.85. The van der Waals surface area contributed by atoms with Crippen molar-refractivity contribution in [3.63, 3.8) is 0 Å². The van der Waals surface area contributed by atoms with E-state index >= 15 is 0 Å². The normalized spacial score (nSPS) is 13.2. The van der Waals surface area contributed by atoms with Crippen LogP contribution in [0.15, 0.2) is 60.0 Å². The predicted octanol–water partition coefficient (Wildman–Crippen LogP) is 5.88. The molecular formula is C22H21ClN2OS. The van der Waals surface area contributed by atoms with E-state index in [0.29, 0.717) is 16.6 Å². The number of benzene rings is 2. The summed E-state index contributed by atoms with van der Waals surface area (Å²) in [6.07, 6.45) is 0.467. The van der Waals surface area contributed by atoms with Gasteiger partial charge < -0.3 is 0 Å². The molecule has 2 radical (unpaired) electrons. The molecule has 3 nitrogen and oxygen atoms in total. The molecule has 0 aliphatic heterocycles. The summed E-state index contributed by atoms with van der Waals surface area (Å²) in [6.45, 7) is 8.19. The molecule has 27 heavy (non-hydrogen) atoms. The highest BCUT2D eigenvalue weighted by Crippen LogP contribution is 2.33. The van der Waals surface area contributed by atoms with E-state index < -0.39 is 0 Å². The SMILES string of the molecule is [CH2]C[C@H](C(=O)N(C)c1nc(-c2ccccc2Cl)cs1)C([CH2])c1ccccc1. The second kappa shape index (κ2) is 8.68. The molecule has 0 aliphatic rings. The number of carbonyl (C=O) groups excluding carboxylic acids is 1. The minimum Gasteiger partial charge on any atom is -0.291 e. The van der Waals surface area contributed by atoms with Crippen molar-refractivity contribution in [1.82, 2.24) is 4.98 Å². The molecule has 1 unspecified atom stereocenters. The highest BCUT2D eigenvalue weighted by Gasteiger charge is 2.29. The van der Waals surface area contributed by atoms with E-state index in [2.05, 4.69) is 18.8 Å². The maximum atomic E-state index is 13.1. The first kappa shape index (κ1) is 19.6. The van der Waals surface area contributed by atoms with Gasteiger partial charge >= 0.3 is 0 Å². The zero-order chi connectivity index (χ0) is 19.4. The summed E-state index contributed by atoms with van der Waals surface area (Å²) in [6, 6.07) is 17.4. The Hall–Kier alpha value is -2.17. The first-order chi connectivity index (χ1) is 13.0. The molecule has 0 saturated carbocycles. The topological polar surface area (TPSA) is 33.2 Å². The van der Waals surface area contributed by atoms with Gasteiger partial charge in [-0.1, -0.05) is 67.1 Å². The molecule has 1 amide bonds. The van der Waals surface area contributed by atoms with Gasteiger partial charge in [-0.2, -0.15) is 0 Å². The highest BCUT2D eigenvalue weighted by atomic mass is 35.5. The Bertz CT molecular complexity index is 909. The van der Waals surface area contributed by atoms with Crippen molar-refractivity contribution in [2.24, 2.45) is 5.92 Å². The number of rotatable bonds is 6. The van der Waals surface area contributed by atoms with Gasteiger partial charge in [-0.3, -0.25) is 9.69 Å². The molecule has 2 atom stereocenters. The molecule has 2 aromatic carbocycles. The van der Waals surface area contributed by atoms with E-state index in [0.717, 1.165) is 16.8 Å². The number of amides is 1. The Morgan fingerprint density at radius 3 is 2.52 bits per heavy atom. The van der Waals surface area contributed by atoms with Crippen molar-refractivity contribution in [2.45, 2.75) is 12.3 Å². The third-order valence-electron chi connectivity index (χ3n) is 4.60. The van der Waals surface area contributed by atoms with E-state index in [1.807, 2.05) is 60.0 Å². The minimum absolute atomic E-state index is 0.0334. The van der Waals surface area contributed by atoms with Crippen LogP contribution in [-0.2, 0) is 4.79 Å². The van der Waals surface area contributed by atoms with Crippen LogP contribution in [0.5, 0.6) is 0 Å². The van der Waals surface area contributed by atoms with Crippen LogP contribution in [0.25, 0.3) is 11.3 Å². The summed E-state index contributed by atoms with van der Waals surface area (Å²) in [5, 5.41) is 3.19. The maximum Gasteiger partial charge on any atom is 0.232 e. The minimum atomic E-state index is -0.315. The lowest BCUT2D eigenvalue weighted by molar-refractivity contribution is -0.122. The standard InChI is InChI=1S/C22H21ClN2OS/c1-4-17(15(2)16-10-6-5-7-11-16)21(26)25(3)22-24-20(14-27-22)18-12-8-9-13-19(18)23/h5-15,17H,1-2,4H2,3H3/t15?,17-/m0/s1. The lowest BCUT2D eigenvalue weighted by atomic mass is 9.85. The van der Waals surface area contributed by atoms with Gasteiger partial charge in [-0.25, -0.2) is 4.98 Å². The second-order valence-corrected chi connectivity index (χ2v) is 7.55. The molecule has 0 bridgehead atoms. The van der Waals surface area contributed by atoms with E-state index in [1.165, 1.54) is 11.3 Å². The molecule has 1 aromatic heterocycles. The molecular weight excluding hydrogens is 376 g/mol. The largest absolute Gasteiger partial charge is 0.291 e. The summed E-state index contributed by atoms with van der Waals surface area (Å²) in [5.74, 6) is -0.513. The number of nitrogens with zero attached hydrogens (tertiary/aromatic N) is 2. The average Bonchev–Trinajstić information content (AvgIpc) is 3.18. The zero-order valence-electron chi connectivity index (χ0n) is 15.1. The molecule has 0 aliphatic carbocycles. The predicted molar refractivity (Wildman–Crippen MR) is 114 cm³/mol. The van der Waals surface area contributed by atoms with Gasteiger partial charge in [0.1, 0.15) is 0 Å². The number of hydrogen-bond donors (Lipinski definition) is 0. The number of anilines is 1. The molecule has 5 heteroatoms. The molecule has 0 spiro atoms. The molecule has 0 N–H and O–H groups in total. The molecule has 138 valence electrons. The molecule has 1 heterocycles.